The second-order valence-corrected chi connectivity index (χ2v) is 6.65. The summed E-state index contributed by atoms with van der Waals surface area (Å²) in [5, 5.41) is 5.53. The van der Waals surface area contributed by atoms with Crippen LogP contribution in [-0.4, -0.2) is 25.5 Å². The van der Waals surface area contributed by atoms with Crippen molar-refractivity contribution in [2.75, 3.05) is 24.4 Å². The second-order valence-electron chi connectivity index (χ2n) is 6.65. The SMILES string of the molecule is COc1ccc(C(=O)Nc2cccc(NC(C)=O)c2)cc1COCC(C)C. The van der Waals surface area contributed by atoms with Crippen LogP contribution in [0.15, 0.2) is 42.5 Å². The highest BCUT2D eigenvalue weighted by Gasteiger charge is 2.11. The number of nitrogens with one attached hydrogen (secondary N) is 2. The first kappa shape index (κ1) is 20.5. The highest BCUT2D eigenvalue weighted by Crippen LogP contribution is 2.22. The van der Waals surface area contributed by atoms with E-state index in [1.54, 1.807) is 49.6 Å². The van der Waals surface area contributed by atoms with E-state index in [0.29, 0.717) is 41.8 Å². The van der Waals surface area contributed by atoms with Crippen molar-refractivity contribution in [1.82, 2.24) is 0 Å². The van der Waals surface area contributed by atoms with Crippen molar-refractivity contribution in [3.63, 3.8) is 0 Å². The van der Waals surface area contributed by atoms with Crippen LogP contribution >= 0.6 is 0 Å². The lowest BCUT2D eigenvalue weighted by Gasteiger charge is -2.13. The topological polar surface area (TPSA) is 76.7 Å². The third-order valence-corrected chi connectivity index (χ3v) is 3.69. The van der Waals surface area contributed by atoms with E-state index in [9.17, 15) is 9.59 Å². The van der Waals surface area contributed by atoms with E-state index >= 15 is 0 Å². The molecule has 2 aromatic carbocycles. The second kappa shape index (κ2) is 9.73. The summed E-state index contributed by atoms with van der Waals surface area (Å²) < 4.78 is 11.0. The molecule has 0 atom stereocenters. The first-order valence-electron chi connectivity index (χ1n) is 8.82. The summed E-state index contributed by atoms with van der Waals surface area (Å²) in [6.07, 6.45) is 0. The van der Waals surface area contributed by atoms with Gasteiger partial charge in [-0.3, -0.25) is 9.59 Å². The molecule has 0 saturated carbocycles. The number of benzene rings is 2. The van der Waals surface area contributed by atoms with E-state index in [0.717, 1.165) is 5.56 Å². The first-order valence-corrected chi connectivity index (χ1v) is 8.82. The number of methoxy groups -OCH3 is 1. The molecule has 0 unspecified atom stereocenters. The molecule has 0 spiro atoms. The number of carbonyl (C=O) groups excluding carboxylic acids is 2. The maximum Gasteiger partial charge on any atom is 0.255 e. The molecule has 0 saturated heterocycles. The monoisotopic (exact) mass is 370 g/mol. The van der Waals surface area contributed by atoms with Gasteiger partial charge in [-0.2, -0.15) is 0 Å². The van der Waals surface area contributed by atoms with Crippen LogP contribution in [0, 0.1) is 5.92 Å². The smallest absolute Gasteiger partial charge is 0.255 e. The van der Waals surface area contributed by atoms with Crippen molar-refractivity contribution < 1.29 is 19.1 Å². The Morgan fingerprint density at radius 3 is 2.37 bits per heavy atom. The molecule has 27 heavy (non-hydrogen) atoms. The fourth-order valence-electron chi connectivity index (χ4n) is 2.52. The predicted molar refractivity (Wildman–Crippen MR) is 106 cm³/mol. The van der Waals surface area contributed by atoms with Crippen molar-refractivity contribution in [2.24, 2.45) is 5.92 Å². The van der Waals surface area contributed by atoms with Crippen LogP contribution in [0.3, 0.4) is 0 Å². The van der Waals surface area contributed by atoms with E-state index in [4.69, 9.17) is 9.47 Å². The summed E-state index contributed by atoms with van der Waals surface area (Å²) in [5.74, 6) is 0.698. The van der Waals surface area contributed by atoms with Crippen LogP contribution < -0.4 is 15.4 Å². The predicted octanol–water partition coefficient (Wildman–Crippen LogP) is 4.08. The average molecular weight is 370 g/mol. The van der Waals surface area contributed by atoms with E-state index in [1.165, 1.54) is 6.92 Å². The molecule has 0 aromatic heterocycles. The minimum Gasteiger partial charge on any atom is -0.496 e. The van der Waals surface area contributed by atoms with Gasteiger partial charge in [0.25, 0.3) is 5.91 Å². The molecule has 6 nitrogen and oxygen atoms in total. The van der Waals surface area contributed by atoms with E-state index in [-0.39, 0.29) is 11.8 Å². The first-order chi connectivity index (χ1) is 12.9. The van der Waals surface area contributed by atoms with Crippen LogP contribution in [0.2, 0.25) is 0 Å². The van der Waals surface area contributed by atoms with Gasteiger partial charge in [-0.1, -0.05) is 19.9 Å². The molecule has 2 aromatic rings. The Labute approximate surface area is 159 Å². The maximum atomic E-state index is 12.6. The fraction of sp³-hybridized carbons (Fsp3) is 0.333. The molecule has 6 heteroatoms. The van der Waals surface area contributed by atoms with Crippen LogP contribution in [0.1, 0.15) is 36.7 Å². The molecule has 0 fully saturated rings. The summed E-state index contributed by atoms with van der Waals surface area (Å²) in [7, 11) is 1.59. The molecule has 0 aliphatic rings. The third kappa shape index (κ3) is 6.42. The molecule has 144 valence electrons. The Hall–Kier alpha value is -2.86. The van der Waals surface area contributed by atoms with E-state index in [2.05, 4.69) is 24.5 Å². The molecule has 2 amide bonds. The van der Waals surface area contributed by atoms with Crippen LogP contribution in [-0.2, 0) is 16.1 Å². The third-order valence-electron chi connectivity index (χ3n) is 3.69. The van der Waals surface area contributed by atoms with Gasteiger partial charge >= 0.3 is 0 Å². The molecule has 0 bridgehead atoms. The van der Waals surface area contributed by atoms with Crippen LogP contribution in [0.4, 0.5) is 11.4 Å². The zero-order chi connectivity index (χ0) is 19.8. The Bertz CT molecular complexity index is 803. The van der Waals surface area contributed by atoms with Gasteiger partial charge in [-0.05, 0) is 42.3 Å². The minimum atomic E-state index is -0.247. The van der Waals surface area contributed by atoms with Gasteiger partial charge < -0.3 is 20.1 Å². The average Bonchev–Trinajstić information content (AvgIpc) is 2.61. The Balaban J connectivity index is 2.12. The number of ether oxygens (including phenoxy) is 2. The van der Waals surface area contributed by atoms with Gasteiger partial charge in [0.05, 0.1) is 13.7 Å². The van der Waals surface area contributed by atoms with Crippen molar-refractivity contribution in [3.8, 4) is 5.75 Å². The van der Waals surface area contributed by atoms with Crippen molar-refractivity contribution >= 4 is 23.2 Å². The number of anilines is 2. The van der Waals surface area contributed by atoms with Crippen LogP contribution in [0.5, 0.6) is 5.75 Å². The Morgan fingerprint density at radius 1 is 1.04 bits per heavy atom. The Morgan fingerprint density at radius 2 is 1.74 bits per heavy atom. The lowest BCUT2D eigenvalue weighted by molar-refractivity contribution is -0.114. The van der Waals surface area contributed by atoms with Gasteiger partial charge in [0.1, 0.15) is 5.75 Å². The number of amides is 2. The molecular formula is C21H26N2O4. The largest absolute Gasteiger partial charge is 0.496 e. The maximum absolute atomic E-state index is 12.6. The summed E-state index contributed by atoms with van der Waals surface area (Å²) >= 11 is 0. The number of hydrogen-bond acceptors (Lipinski definition) is 4. The number of rotatable bonds is 8. The molecule has 2 rings (SSSR count). The number of carbonyl (C=O) groups is 2. The van der Waals surface area contributed by atoms with Crippen molar-refractivity contribution in [1.29, 1.82) is 0 Å². The van der Waals surface area contributed by atoms with Crippen molar-refractivity contribution in [2.45, 2.75) is 27.4 Å². The molecule has 0 radical (unpaired) electrons. The highest BCUT2D eigenvalue weighted by atomic mass is 16.5. The lowest BCUT2D eigenvalue weighted by atomic mass is 10.1. The summed E-state index contributed by atoms with van der Waals surface area (Å²) in [4.78, 5) is 23.8. The quantitative estimate of drug-likeness (QED) is 0.734. The van der Waals surface area contributed by atoms with Gasteiger partial charge in [0.2, 0.25) is 5.91 Å². The molecule has 0 aliphatic heterocycles. The molecule has 0 aliphatic carbocycles. The summed E-state index contributed by atoms with van der Waals surface area (Å²) in [6, 6.07) is 12.2. The fourth-order valence-corrected chi connectivity index (χ4v) is 2.52. The molecular weight excluding hydrogens is 344 g/mol. The lowest BCUT2D eigenvalue weighted by Crippen LogP contribution is -2.13. The standard InChI is InChI=1S/C21H26N2O4/c1-14(2)12-27-13-17-10-16(8-9-20(17)26-4)21(25)23-19-7-5-6-18(11-19)22-15(3)24/h5-11,14H,12-13H2,1-4H3,(H,22,24)(H,23,25). The van der Waals surface area contributed by atoms with Gasteiger partial charge in [0, 0.05) is 36.0 Å². The van der Waals surface area contributed by atoms with E-state index in [1.807, 2.05) is 0 Å². The van der Waals surface area contributed by atoms with Gasteiger partial charge in [-0.15, -0.1) is 0 Å². The van der Waals surface area contributed by atoms with E-state index < -0.39 is 0 Å². The molecule has 0 heterocycles. The number of hydrogen-bond donors (Lipinski definition) is 2. The summed E-state index contributed by atoms with van der Waals surface area (Å²) in [6.45, 7) is 6.61. The van der Waals surface area contributed by atoms with Crippen LogP contribution in [0.25, 0.3) is 0 Å². The normalized spacial score (nSPS) is 10.6. The zero-order valence-electron chi connectivity index (χ0n) is 16.2. The Kier molecular flexibility index (Phi) is 7.37. The summed E-state index contributed by atoms with van der Waals surface area (Å²) in [5.41, 5.74) is 2.54. The minimum absolute atomic E-state index is 0.167. The molecule has 2 N–H and O–H groups in total. The zero-order valence-corrected chi connectivity index (χ0v) is 16.2. The van der Waals surface area contributed by atoms with Gasteiger partial charge in [-0.25, -0.2) is 0 Å². The van der Waals surface area contributed by atoms with Crippen molar-refractivity contribution in [3.05, 3.63) is 53.6 Å². The highest BCUT2D eigenvalue weighted by molar-refractivity contribution is 6.04. The van der Waals surface area contributed by atoms with Gasteiger partial charge in [0.15, 0.2) is 0 Å².